The van der Waals surface area contributed by atoms with Crippen LogP contribution in [0.15, 0.2) is 9.42 Å². The van der Waals surface area contributed by atoms with Gasteiger partial charge in [-0.15, -0.1) is 0 Å². The molecule has 7 nitrogen and oxygen atoms in total. The Labute approximate surface area is 113 Å². The fourth-order valence-electron chi connectivity index (χ4n) is 2.29. The number of hydrogen-bond donors (Lipinski definition) is 1. The molecule has 2 N–H and O–H groups in total. The van der Waals surface area contributed by atoms with Crippen LogP contribution in [0.5, 0.6) is 0 Å². The Hall–Kier alpha value is -1.28. The summed E-state index contributed by atoms with van der Waals surface area (Å²) in [4.78, 5) is 4.25. The Bertz CT molecular complexity index is 544. The van der Waals surface area contributed by atoms with E-state index in [9.17, 15) is 8.42 Å². The Morgan fingerprint density at radius 3 is 2.32 bits per heavy atom. The van der Waals surface area contributed by atoms with Gasteiger partial charge in [-0.25, -0.2) is 8.42 Å². The quantitative estimate of drug-likeness (QED) is 0.848. The molecule has 1 saturated heterocycles. The molecule has 8 heteroatoms. The summed E-state index contributed by atoms with van der Waals surface area (Å²) in [5, 5.41) is 3.80. The molecule has 0 aromatic carbocycles. The lowest BCUT2D eigenvalue weighted by atomic mass is 10.2. The molecular weight excluding hydrogens is 268 g/mol. The summed E-state index contributed by atoms with van der Waals surface area (Å²) in [5.74, 6) is 0.201. The van der Waals surface area contributed by atoms with Crippen molar-refractivity contribution < 1.29 is 12.9 Å². The van der Waals surface area contributed by atoms with Crippen molar-refractivity contribution in [2.24, 2.45) is 0 Å². The Morgan fingerprint density at radius 2 is 1.84 bits per heavy atom. The third kappa shape index (κ3) is 2.84. The molecule has 0 aliphatic carbocycles. The standard InChI is InChI=1S/C11H20N4O3S/c1-8(2)14-4-6-15(7-5-14)11-9(19(3,16)17)10(12)18-13-11/h8H,4-7,12H2,1-3H3. The van der Waals surface area contributed by atoms with Gasteiger partial charge in [0.15, 0.2) is 20.6 Å². The Morgan fingerprint density at radius 1 is 1.26 bits per heavy atom. The molecule has 1 fully saturated rings. The van der Waals surface area contributed by atoms with Gasteiger partial charge < -0.3 is 15.2 Å². The van der Waals surface area contributed by atoms with Gasteiger partial charge in [0, 0.05) is 38.5 Å². The van der Waals surface area contributed by atoms with Gasteiger partial charge in [-0.3, -0.25) is 4.90 Å². The van der Waals surface area contributed by atoms with Gasteiger partial charge in [0.05, 0.1) is 0 Å². The number of sulfone groups is 1. The molecule has 1 aliphatic heterocycles. The molecule has 0 saturated carbocycles. The largest absolute Gasteiger partial charge is 0.366 e. The van der Waals surface area contributed by atoms with Crippen LogP contribution >= 0.6 is 0 Å². The number of nitrogens with two attached hydrogens (primary N) is 1. The predicted molar refractivity (Wildman–Crippen MR) is 72.9 cm³/mol. The number of nitrogen functional groups attached to an aromatic ring is 1. The molecule has 108 valence electrons. The maximum absolute atomic E-state index is 11.7. The van der Waals surface area contributed by atoms with E-state index in [2.05, 4.69) is 23.9 Å². The van der Waals surface area contributed by atoms with Crippen molar-refractivity contribution in [3.63, 3.8) is 0 Å². The molecule has 0 amide bonds. The summed E-state index contributed by atoms with van der Waals surface area (Å²) in [6.07, 6.45) is 1.11. The average Bonchev–Trinajstić information content (AvgIpc) is 2.71. The summed E-state index contributed by atoms with van der Waals surface area (Å²) in [5.41, 5.74) is 5.56. The number of hydrogen-bond acceptors (Lipinski definition) is 7. The molecule has 0 unspecified atom stereocenters. The fourth-order valence-corrected chi connectivity index (χ4v) is 3.19. The minimum absolute atomic E-state index is 0.00509. The first-order chi connectivity index (χ1) is 8.80. The second kappa shape index (κ2) is 5.01. The van der Waals surface area contributed by atoms with Gasteiger partial charge in [0.1, 0.15) is 0 Å². The van der Waals surface area contributed by atoms with E-state index in [0.717, 1.165) is 19.3 Å². The summed E-state index contributed by atoms with van der Waals surface area (Å²) in [7, 11) is -3.44. The van der Waals surface area contributed by atoms with Gasteiger partial charge >= 0.3 is 0 Å². The van der Waals surface area contributed by atoms with E-state index in [1.165, 1.54) is 0 Å². The second-order valence-electron chi connectivity index (χ2n) is 5.09. The van der Waals surface area contributed by atoms with Crippen molar-refractivity contribution in [1.29, 1.82) is 0 Å². The smallest absolute Gasteiger partial charge is 0.243 e. The van der Waals surface area contributed by atoms with Crippen LogP contribution in [-0.4, -0.2) is 57.0 Å². The highest BCUT2D eigenvalue weighted by molar-refractivity contribution is 7.91. The lowest BCUT2D eigenvalue weighted by Crippen LogP contribution is -2.49. The van der Waals surface area contributed by atoms with E-state index in [0.29, 0.717) is 24.9 Å². The zero-order valence-electron chi connectivity index (χ0n) is 11.5. The van der Waals surface area contributed by atoms with Crippen LogP contribution < -0.4 is 10.6 Å². The predicted octanol–water partition coefficient (Wildman–Crippen LogP) is 0.191. The third-order valence-corrected chi connectivity index (χ3v) is 4.50. The molecule has 19 heavy (non-hydrogen) atoms. The van der Waals surface area contributed by atoms with E-state index in [4.69, 9.17) is 10.3 Å². The number of rotatable bonds is 3. The van der Waals surface area contributed by atoms with Crippen molar-refractivity contribution in [3.05, 3.63) is 0 Å². The maximum Gasteiger partial charge on any atom is 0.243 e. The van der Waals surface area contributed by atoms with Crippen LogP contribution in [0.2, 0.25) is 0 Å². The van der Waals surface area contributed by atoms with Crippen LogP contribution in [0, 0.1) is 0 Å². The molecule has 2 heterocycles. The molecule has 0 radical (unpaired) electrons. The minimum atomic E-state index is -3.44. The first kappa shape index (κ1) is 14.1. The maximum atomic E-state index is 11.7. The third-order valence-electron chi connectivity index (χ3n) is 3.37. The molecule has 1 aromatic heterocycles. The van der Waals surface area contributed by atoms with Crippen LogP contribution in [0.1, 0.15) is 13.8 Å². The van der Waals surface area contributed by atoms with E-state index in [-0.39, 0.29) is 10.8 Å². The topological polar surface area (TPSA) is 92.7 Å². The minimum Gasteiger partial charge on any atom is -0.366 e. The van der Waals surface area contributed by atoms with Crippen LogP contribution in [0.25, 0.3) is 0 Å². The molecule has 0 spiro atoms. The van der Waals surface area contributed by atoms with E-state index in [1.54, 1.807) is 0 Å². The monoisotopic (exact) mass is 288 g/mol. The summed E-state index contributed by atoms with van der Waals surface area (Å²) < 4.78 is 28.3. The fraction of sp³-hybridized carbons (Fsp3) is 0.727. The summed E-state index contributed by atoms with van der Waals surface area (Å²) >= 11 is 0. The van der Waals surface area contributed by atoms with Crippen molar-refractivity contribution in [2.45, 2.75) is 24.8 Å². The number of nitrogens with zero attached hydrogens (tertiary/aromatic N) is 3. The first-order valence-corrected chi connectivity index (χ1v) is 8.14. The van der Waals surface area contributed by atoms with Crippen molar-refractivity contribution in [3.8, 4) is 0 Å². The van der Waals surface area contributed by atoms with E-state index < -0.39 is 9.84 Å². The van der Waals surface area contributed by atoms with Crippen LogP contribution in [0.4, 0.5) is 11.7 Å². The zero-order chi connectivity index (χ0) is 14.2. The van der Waals surface area contributed by atoms with Crippen molar-refractivity contribution in [1.82, 2.24) is 10.1 Å². The van der Waals surface area contributed by atoms with Gasteiger partial charge in [-0.2, -0.15) is 0 Å². The highest BCUT2D eigenvalue weighted by atomic mass is 32.2. The highest BCUT2D eigenvalue weighted by Gasteiger charge is 2.29. The number of aromatic nitrogens is 1. The number of anilines is 2. The van der Waals surface area contributed by atoms with Crippen molar-refractivity contribution >= 4 is 21.5 Å². The van der Waals surface area contributed by atoms with Crippen LogP contribution in [-0.2, 0) is 9.84 Å². The SMILES string of the molecule is CC(C)N1CCN(c2noc(N)c2S(C)(=O)=O)CC1. The molecule has 0 atom stereocenters. The lowest BCUT2D eigenvalue weighted by Gasteiger charge is -2.36. The van der Waals surface area contributed by atoms with Gasteiger partial charge in [-0.1, -0.05) is 5.16 Å². The zero-order valence-corrected chi connectivity index (χ0v) is 12.3. The highest BCUT2D eigenvalue weighted by Crippen LogP contribution is 2.30. The normalized spacial score (nSPS) is 18.2. The Kier molecular flexibility index (Phi) is 3.73. The van der Waals surface area contributed by atoms with Crippen LogP contribution in [0.3, 0.4) is 0 Å². The Balaban J connectivity index is 2.21. The number of piperazine rings is 1. The van der Waals surface area contributed by atoms with Gasteiger partial charge in [-0.05, 0) is 13.8 Å². The molecule has 2 rings (SSSR count). The summed E-state index contributed by atoms with van der Waals surface area (Å²) in [6.45, 7) is 7.46. The molecule has 1 aromatic rings. The molecular formula is C11H20N4O3S. The first-order valence-electron chi connectivity index (χ1n) is 6.25. The molecule has 0 bridgehead atoms. The van der Waals surface area contributed by atoms with Gasteiger partial charge in [0.2, 0.25) is 5.88 Å². The lowest BCUT2D eigenvalue weighted by molar-refractivity contribution is 0.208. The van der Waals surface area contributed by atoms with Gasteiger partial charge in [0.25, 0.3) is 0 Å². The van der Waals surface area contributed by atoms with E-state index in [1.807, 2.05) is 4.90 Å². The van der Waals surface area contributed by atoms with Crippen molar-refractivity contribution in [2.75, 3.05) is 43.1 Å². The van der Waals surface area contributed by atoms with E-state index >= 15 is 0 Å². The molecule has 1 aliphatic rings. The second-order valence-corrected chi connectivity index (χ2v) is 7.04. The average molecular weight is 288 g/mol. The summed E-state index contributed by atoms with van der Waals surface area (Å²) in [6, 6.07) is 0.485.